The van der Waals surface area contributed by atoms with Crippen molar-refractivity contribution in [1.82, 2.24) is 9.55 Å². The Kier molecular flexibility index (Phi) is 2.65. The van der Waals surface area contributed by atoms with E-state index in [9.17, 15) is 0 Å². The van der Waals surface area contributed by atoms with Crippen LogP contribution in [0.25, 0.3) is 11.2 Å². The molecule has 0 N–H and O–H groups in total. The lowest BCUT2D eigenvalue weighted by Crippen LogP contribution is -1.82. The molecule has 0 atom stereocenters. The molecule has 0 aliphatic rings. The average Bonchev–Trinajstić information content (AvgIpc) is 2.72. The van der Waals surface area contributed by atoms with Gasteiger partial charge in [0.05, 0.1) is 11.4 Å². The van der Waals surface area contributed by atoms with Gasteiger partial charge in [0.15, 0.2) is 0 Å². The molecule has 0 saturated carbocycles. The Labute approximate surface area is 87.5 Å². The van der Waals surface area contributed by atoms with Crippen molar-refractivity contribution in [3.8, 4) is 0 Å². The zero-order valence-corrected chi connectivity index (χ0v) is 8.22. The van der Waals surface area contributed by atoms with Gasteiger partial charge in [0.25, 0.3) is 0 Å². The lowest BCUT2D eigenvalue weighted by Gasteiger charge is -1.98. The molecule has 2 nitrogen and oxygen atoms in total. The molecule has 0 unspecified atom stereocenters. The van der Waals surface area contributed by atoms with Gasteiger partial charge in [-0.1, -0.05) is 41.9 Å². The van der Waals surface area contributed by atoms with E-state index in [1.54, 1.807) is 12.5 Å². The third-order valence-electron chi connectivity index (χ3n) is 1.84. The second-order valence-electron chi connectivity index (χ2n) is 2.85. The van der Waals surface area contributed by atoms with Gasteiger partial charge in [0.1, 0.15) is 0 Å². The molecule has 2 aromatic rings. The molecule has 0 saturated heterocycles. The van der Waals surface area contributed by atoms with Gasteiger partial charge in [-0.2, -0.15) is 0 Å². The number of hydrogen-bond donors (Lipinski definition) is 0. The van der Waals surface area contributed by atoms with Crippen molar-refractivity contribution in [2.45, 2.75) is 0 Å². The highest BCUT2D eigenvalue weighted by atomic mass is 35.5. The number of halogens is 1. The molecule has 0 spiro atoms. The van der Waals surface area contributed by atoms with Gasteiger partial charge < -0.3 is 4.57 Å². The van der Waals surface area contributed by atoms with Crippen LogP contribution < -0.4 is 0 Å². The molecular weight excluding hydrogens is 196 g/mol. The van der Waals surface area contributed by atoms with Crippen molar-refractivity contribution < 1.29 is 0 Å². The maximum Gasteiger partial charge on any atom is 0.0987 e. The minimum Gasteiger partial charge on any atom is -0.312 e. The third-order valence-corrected chi connectivity index (χ3v) is 2.15. The van der Waals surface area contributed by atoms with E-state index < -0.39 is 0 Å². The van der Waals surface area contributed by atoms with Crippen LogP contribution in [0.2, 0.25) is 0 Å². The molecule has 70 valence electrons. The Morgan fingerprint density at radius 2 is 2.07 bits per heavy atom. The smallest absolute Gasteiger partial charge is 0.0987 e. The fraction of sp³-hybridized carbons (Fsp3) is 0. The number of benzene rings is 1. The van der Waals surface area contributed by atoms with Crippen LogP contribution in [-0.2, 0) is 0 Å². The second-order valence-corrected chi connectivity index (χ2v) is 3.26. The maximum absolute atomic E-state index is 6.11. The molecule has 0 amide bonds. The monoisotopic (exact) mass is 204 g/mol. The van der Waals surface area contributed by atoms with Crippen molar-refractivity contribution >= 4 is 22.8 Å². The van der Waals surface area contributed by atoms with Gasteiger partial charge in [-0.25, -0.2) is 4.98 Å². The minimum absolute atomic E-state index is 0.698. The predicted molar refractivity (Wildman–Crippen MR) is 58.7 cm³/mol. The van der Waals surface area contributed by atoms with E-state index in [0.29, 0.717) is 5.03 Å². The summed E-state index contributed by atoms with van der Waals surface area (Å²) < 4.78 is 1.81. The summed E-state index contributed by atoms with van der Waals surface area (Å²) in [6, 6.07) is 9.81. The Morgan fingerprint density at radius 1 is 1.29 bits per heavy atom. The Morgan fingerprint density at radius 3 is 2.71 bits per heavy atom. The summed E-state index contributed by atoms with van der Waals surface area (Å²) in [4.78, 5) is 3.93. The van der Waals surface area contributed by atoms with Crippen LogP contribution in [0, 0.1) is 0 Å². The lowest BCUT2D eigenvalue weighted by atomic mass is 10.2. The summed E-state index contributed by atoms with van der Waals surface area (Å²) in [6.07, 6.45) is 7.08. The Hall–Kier alpha value is -1.54. The Bertz CT molecular complexity index is 418. The highest BCUT2D eigenvalue weighted by Crippen LogP contribution is 2.18. The molecule has 14 heavy (non-hydrogen) atoms. The minimum atomic E-state index is 0.698. The molecule has 0 fully saturated rings. The van der Waals surface area contributed by atoms with E-state index in [-0.39, 0.29) is 0 Å². The number of rotatable bonds is 2. The van der Waals surface area contributed by atoms with E-state index in [0.717, 1.165) is 5.56 Å². The zero-order chi connectivity index (χ0) is 9.80. The van der Waals surface area contributed by atoms with Crippen LogP contribution in [0.15, 0.2) is 49.1 Å². The number of nitrogens with zero attached hydrogens (tertiary/aromatic N) is 2. The van der Waals surface area contributed by atoms with Crippen molar-refractivity contribution in [2.24, 2.45) is 0 Å². The fourth-order valence-corrected chi connectivity index (χ4v) is 1.39. The first-order chi connectivity index (χ1) is 6.86. The summed E-state index contributed by atoms with van der Waals surface area (Å²) >= 11 is 6.11. The van der Waals surface area contributed by atoms with E-state index in [1.165, 1.54) is 0 Å². The summed E-state index contributed by atoms with van der Waals surface area (Å²) in [6.45, 7) is 0. The summed E-state index contributed by atoms with van der Waals surface area (Å²) in [5, 5.41) is 0.698. The van der Waals surface area contributed by atoms with Crippen molar-refractivity contribution in [2.75, 3.05) is 0 Å². The molecule has 2 rings (SSSR count). The molecule has 1 aromatic carbocycles. The van der Waals surface area contributed by atoms with Crippen molar-refractivity contribution in [3.63, 3.8) is 0 Å². The topological polar surface area (TPSA) is 17.8 Å². The largest absolute Gasteiger partial charge is 0.312 e. The van der Waals surface area contributed by atoms with Gasteiger partial charge >= 0.3 is 0 Å². The van der Waals surface area contributed by atoms with Gasteiger partial charge in [0, 0.05) is 18.6 Å². The molecule has 1 heterocycles. The summed E-state index contributed by atoms with van der Waals surface area (Å²) in [7, 11) is 0. The van der Waals surface area contributed by atoms with E-state index in [2.05, 4.69) is 4.98 Å². The van der Waals surface area contributed by atoms with Crippen LogP contribution in [0.1, 0.15) is 5.56 Å². The average molecular weight is 205 g/mol. The molecular formula is C11H9ClN2. The molecule has 0 aliphatic heterocycles. The standard InChI is InChI=1S/C11H9ClN2/c12-11(8-14-7-6-13-9-14)10-4-2-1-3-5-10/h1-9H. The van der Waals surface area contributed by atoms with Crippen LogP contribution in [0.5, 0.6) is 0 Å². The zero-order valence-electron chi connectivity index (χ0n) is 7.47. The molecule has 3 heteroatoms. The van der Waals surface area contributed by atoms with E-state index in [1.807, 2.05) is 47.3 Å². The van der Waals surface area contributed by atoms with Crippen molar-refractivity contribution in [3.05, 3.63) is 54.6 Å². The SMILES string of the molecule is ClC(=Cn1ccnc1)c1ccccc1. The summed E-state index contributed by atoms with van der Waals surface area (Å²) in [5.41, 5.74) is 1.00. The predicted octanol–water partition coefficient (Wildman–Crippen LogP) is 3.08. The van der Waals surface area contributed by atoms with Gasteiger partial charge in [-0.05, 0) is 5.56 Å². The highest BCUT2D eigenvalue weighted by Gasteiger charge is 1.95. The molecule has 0 aliphatic carbocycles. The summed E-state index contributed by atoms with van der Waals surface area (Å²) in [5.74, 6) is 0. The highest BCUT2D eigenvalue weighted by molar-refractivity contribution is 6.50. The van der Waals surface area contributed by atoms with E-state index >= 15 is 0 Å². The number of aromatic nitrogens is 2. The van der Waals surface area contributed by atoms with Crippen LogP contribution in [-0.4, -0.2) is 9.55 Å². The quantitative estimate of drug-likeness (QED) is 0.735. The molecule has 0 radical (unpaired) electrons. The lowest BCUT2D eigenvalue weighted by molar-refractivity contribution is 1.14. The van der Waals surface area contributed by atoms with E-state index in [4.69, 9.17) is 11.6 Å². The molecule has 1 aromatic heterocycles. The first kappa shape index (κ1) is 9.03. The van der Waals surface area contributed by atoms with Crippen LogP contribution in [0.4, 0.5) is 0 Å². The third kappa shape index (κ3) is 2.03. The van der Waals surface area contributed by atoms with Gasteiger partial charge in [-0.15, -0.1) is 0 Å². The maximum atomic E-state index is 6.11. The van der Waals surface area contributed by atoms with Crippen molar-refractivity contribution in [1.29, 1.82) is 0 Å². The molecule has 0 bridgehead atoms. The first-order valence-electron chi connectivity index (χ1n) is 4.26. The second kappa shape index (κ2) is 4.11. The van der Waals surface area contributed by atoms with Gasteiger partial charge in [0.2, 0.25) is 0 Å². The Balaban J connectivity index is 2.29. The first-order valence-corrected chi connectivity index (χ1v) is 4.64. The number of hydrogen-bond acceptors (Lipinski definition) is 1. The van der Waals surface area contributed by atoms with Crippen LogP contribution >= 0.6 is 11.6 Å². The fourth-order valence-electron chi connectivity index (χ4n) is 1.15. The number of imidazole rings is 1. The normalized spacial score (nSPS) is 11.6. The van der Waals surface area contributed by atoms with Gasteiger partial charge in [-0.3, -0.25) is 0 Å². The van der Waals surface area contributed by atoms with Crippen LogP contribution in [0.3, 0.4) is 0 Å².